The van der Waals surface area contributed by atoms with Gasteiger partial charge in [-0.05, 0) is 17.7 Å². The molecule has 5 nitrogen and oxygen atoms in total. The summed E-state index contributed by atoms with van der Waals surface area (Å²) in [6, 6.07) is 9.67. The van der Waals surface area contributed by atoms with E-state index in [1.165, 1.54) is 0 Å². The van der Waals surface area contributed by atoms with Crippen LogP contribution in [0.15, 0.2) is 47.7 Å². The van der Waals surface area contributed by atoms with E-state index in [0.717, 1.165) is 29.6 Å². The summed E-state index contributed by atoms with van der Waals surface area (Å²) in [7, 11) is 1.75. The molecule has 0 amide bonds. The van der Waals surface area contributed by atoms with Gasteiger partial charge < -0.3 is 10.6 Å². The third-order valence-electron chi connectivity index (χ3n) is 2.82. The van der Waals surface area contributed by atoms with Gasteiger partial charge in [0.1, 0.15) is 0 Å². The predicted octanol–water partition coefficient (Wildman–Crippen LogP) is 2.52. The van der Waals surface area contributed by atoms with Crippen LogP contribution in [0.3, 0.4) is 0 Å². The lowest BCUT2D eigenvalue weighted by atomic mass is 10.2. The van der Waals surface area contributed by atoms with Crippen LogP contribution >= 0.6 is 35.6 Å². The van der Waals surface area contributed by atoms with E-state index in [2.05, 4.69) is 20.7 Å². The van der Waals surface area contributed by atoms with Gasteiger partial charge >= 0.3 is 0 Å². The Kier molecular flexibility index (Phi) is 8.14. The molecule has 0 saturated carbocycles. The molecule has 0 unspecified atom stereocenters. The van der Waals surface area contributed by atoms with Gasteiger partial charge in [0.15, 0.2) is 5.96 Å². The van der Waals surface area contributed by atoms with Crippen molar-refractivity contribution in [2.24, 2.45) is 4.99 Å². The lowest BCUT2D eigenvalue weighted by molar-refractivity contribution is 0.597. The molecule has 0 aliphatic rings. The minimum absolute atomic E-state index is 0. The summed E-state index contributed by atoms with van der Waals surface area (Å²) in [4.78, 5) is 4.17. The molecule has 0 radical (unpaired) electrons. The molecule has 1 aromatic carbocycles. The minimum atomic E-state index is 0. The highest BCUT2D eigenvalue weighted by molar-refractivity contribution is 14.0. The largest absolute Gasteiger partial charge is 0.355 e. The molecular formula is C14H19ClIN5. The molecule has 0 saturated heterocycles. The van der Waals surface area contributed by atoms with Crippen LogP contribution in [-0.2, 0) is 13.1 Å². The Morgan fingerprint density at radius 1 is 1.29 bits per heavy atom. The third kappa shape index (κ3) is 5.92. The number of aromatic nitrogens is 2. The molecule has 1 aromatic heterocycles. The van der Waals surface area contributed by atoms with Crippen molar-refractivity contribution in [3.05, 3.63) is 53.3 Å². The van der Waals surface area contributed by atoms with E-state index in [1.807, 2.05) is 41.2 Å². The first kappa shape index (κ1) is 17.8. The van der Waals surface area contributed by atoms with Gasteiger partial charge in [0.25, 0.3) is 0 Å². The number of halogens is 2. The molecule has 0 spiro atoms. The standard InChI is InChI=1S/C14H18ClN5.HI/c1-16-14(17-8-10-20-9-4-7-19-20)18-11-12-5-2-3-6-13(12)15;/h2-7,9H,8,10-11H2,1H3,(H2,16,17,18);1H. The Bertz CT molecular complexity index is 556. The van der Waals surface area contributed by atoms with Crippen LogP contribution in [0.25, 0.3) is 0 Å². The van der Waals surface area contributed by atoms with Crippen LogP contribution in [0.5, 0.6) is 0 Å². The predicted molar refractivity (Wildman–Crippen MR) is 97.3 cm³/mol. The SMILES string of the molecule is CN=C(NCCn1cccn1)NCc1ccccc1Cl.I. The summed E-state index contributed by atoms with van der Waals surface area (Å²) < 4.78 is 1.87. The van der Waals surface area contributed by atoms with Crippen molar-refractivity contribution in [3.8, 4) is 0 Å². The Hall–Kier alpha value is -1.28. The monoisotopic (exact) mass is 419 g/mol. The zero-order valence-electron chi connectivity index (χ0n) is 11.8. The quantitative estimate of drug-likeness (QED) is 0.445. The molecule has 2 N–H and O–H groups in total. The molecule has 7 heteroatoms. The summed E-state index contributed by atoms with van der Waals surface area (Å²) in [6.45, 7) is 2.19. The maximum Gasteiger partial charge on any atom is 0.191 e. The van der Waals surface area contributed by atoms with Crippen molar-refractivity contribution in [2.75, 3.05) is 13.6 Å². The molecular weight excluding hydrogens is 401 g/mol. The molecule has 114 valence electrons. The average molecular weight is 420 g/mol. The number of hydrogen-bond donors (Lipinski definition) is 2. The molecule has 21 heavy (non-hydrogen) atoms. The van der Waals surface area contributed by atoms with Gasteiger partial charge in [-0.2, -0.15) is 5.10 Å². The molecule has 2 aromatic rings. The highest BCUT2D eigenvalue weighted by atomic mass is 127. The first-order chi connectivity index (χ1) is 9.79. The average Bonchev–Trinajstić information content (AvgIpc) is 2.97. The van der Waals surface area contributed by atoms with Gasteiger partial charge in [0, 0.05) is 37.6 Å². The number of nitrogens with zero attached hydrogens (tertiary/aromatic N) is 3. The van der Waals surface area contributed by atoms with E-state index in [0.29, 0.717) is 6.54 Å². The number of benzene rings is 1. The maximum atomic E-state index is 6.11. The van der Waals surface area contributed by atoms with E-state index < -0.39 is 0 Å². The maximum absolute atomic E-state index is 6.11. The van der Waals surface area contributed by atoms with Crippen molar-refractivity contribution >= 4 is 41.5 Å². The number of nitrogens with one attached hydrogen (secondary N) is 2. The summed E-state index contributed by atoms with van der Waals surface area (Å²) in [6.07, 6.45) is 3.70. The van der Waals surface area contributed by atoms with E-state index in [9.17, 15) is 0 Å². The van der Waals surface area contributed by atoms with Crippen LogP contribution in [0.2, 0.25) is 5.02 Å². The smallest absolute Gasteiger partial charge is 0.191 e. The highest BCUT2D eigenvalue weighted by Crippen LogP contribution is 2.13. The summed E-state index contributed by atoms with van der Waals surface area (Å²) in [5, 5.41) is 11.4. The Morgan fingerprint density at radius 2 is 2.10 bits per heavy atom. The van der Waals surface area contributed by atoms with Gasteiger partial charge in [0.2, 0.25) is 0 Å². The van der Waals surface area contributed by atoms with Gasteiger partial charge in [-0.3, -0.25) is 9.67 Å². The molecule has 0 atom stereocenters. The summed E-state index contributed by atoms with van der Waals surface area (Å²) in [5.74, 6) is 0.747. The van der Waals surface area contributed by atoms with Crippen molar-refractivity contribution in [2.45, 2.75) is 13.1 Å². The molecule has 0 aliphatic heterocycles. The van der Waals surface area contributed by atoms with Gasteiger partial charge in [-0.25, -0.2) is 0 Å². The molecule has 0 fully saturated rings. The fourth-order valence-corrected chi connectivity index (χ4v) is 1.97. The van der Waals surface area contributed by atoms with E-state index in [1.54, 1.807) is 13.2 Å². The Labute approximate surface area is 146 Å². The first-order valence-electron chi connectivity index (χ1n) is 6.45. The Morgan fingerprint density at radius 3 is 2.76 bits per heavy atom. The lowest BCUT2D eigenvalue weighted by Gasteiger charge is -2.12. The number of aliphatic imine (C=N–C) groups is 1. The number of rotatable bonds is 5. The summed E-state index contributed by atoms with van der Waals surface area (Å²) >= 11 is 6.11. The zero-order chi connectivity index (χ0) is 14.2. The van der Waals surface area contributed by atoms with Crippen LogP contribution in [-0.4, -0.2) is 29.3 Å². The number of guanidine groups is 1. The van der Waals surface area contributed by atoms with Crippen molar-refractivity contribution < 1.29 is 0 Å². The van der Waals surface area contributed by atoms with Gasteiger partial charge in [-0.15, -0.1) is 24.0 Å². The first-order valence-corrected chi connectivity index (χ1v) is 6.83. The second kappa shape index (κ2) is 9.62. The molecule has 0 bridgehead atoms. The third-order valence-corrected chi connectivity index (χ3v) is 3.19. The van der Waals surface area contributed by atoms with E-state index >= 15 is 0 Å². The van der Waals surface area contributed by atoms with Crippen LogP contribution in [0, 0.1) is 0 Å². The molecule has 0 aliphatic carbocycles. The van der Waals surface area contributed by atoms with E-state index in [-0.39, 0.29) is 24.0 Å². The fourth-order valence-electron chi connectivity index (χ4n) is 1.76. The van der Waals surface area contributed by atoms with Crippen molar-refractivity contribution in [1.29, 1.82) is 0 Å². The van der Waals surface area contributed by atoms with Gasteiger partial charge in [0.05, 0.1) is 6.54 Å². The van der Waals surface area contributed by atoms with Gasteiger partial charge in [-0.1, -0.05) is 29.8 Å². The van der Waals surface area contributed by atoms with Crippen LogP contribution < -0.4 is 10.6 Å². The molecule has 2 rings (SSSR count). The topological polar surface area (TPSA) is 54.2 Å². The fraction of sp³-hybridized carbons (Fsp3) is 0.286. The normalized spacial score (nSPS) is 10.9. The summed E-state index contributed by atoms with van der Waals surface area (Å²) in [5.41, 5.74) is 1.05. The second-order valence-electron chi connectivity index (χ2n) is 4.21. The van der Waals surface area contributed by atoms with Crippen LogP contribution in [0.4, 0.5) is 0 Å². The van der Waals surface area contributed by atoms with Crippen LogP contribution in [0.1, 0.15) is 5.56 Å². The zero-order valence-corrected chi connectivity index (χ0v) is 14.9. The second-order valence-corrected chi connectivity index (χ2v) is 4.62. The molecule has 1 heterocycles. The lowest BCUT2D eigenvalue weighted by Crippen LogP contribution is -2.38. The highest BCUT2D eigenvalue weighted by Gasteiger charge is 2.01. The van der Waals surface area contributed by atoms with E-state index in [4.69, 9.17) is 11.6 Å². The number of hydrogen-bond acceptors (Lipinski definition) is 2. The van der Waals surface area contributed by atoms with Crippen molar-refractivity contribution in [3.63, 3.8) is 0 Å². The van der Waals surface area contributed by atoms with Crippen molar-refractivity contribution in [1.82, 2.24) is 20.4 Å². The minimum Gasteiger partial charge on any atom is -0.355 e. The Balaban J connectivity index is 0.00000220.